The smallest absolute Gasteiger partial charge is 0.242 e. The minimum absolute atomic E-state index is 0.00910. The van der Waals surface area contributed by atoms with Crippen molar-refractivity contribution < 1.29 is 14.3 Å². The Balaban J connectivity index is 2.31. The molecule has 0 unspecified atom stereocenters. The van der Waals surface area contributed by atoms with Crippen LogP contribution >= 0.6 is 0 Å². The van der Waals surface area contributed by atoms with E-state index in [4.69, 9.17) is 4.74 Å². The number of hydrogen-bond donors (Lipinski definition) is 2. The molecule has 1 aliphatic heterocycles. The lowest BCUT2D eigenvalue weighted by atomic mass is 9.99. The van der Waals surface area contributed by atoms with Crippen LogP contribution in [-0.4, -0.2) is 37.6 Å². The maximum Gasteiger partial charge on any atom is 0.242 e. The standard InChI is InChI=1S/C12H22N2O3/c1-3-6-13-11(15)9(2)14-12(16)10-4-7-17-8-5-10/h9-10H,3-8H2,1-2H3,(H,13,15)(H,14,16)/t9-/m1/s1. The molecule has 17 heavy (non-hydrogen) atoms. The van der Waals surface area contributed by atoms with Crippen molar-refractivity contribution in [2.45, 2.75) is 39.2 Å². The summed E-state index contributed by atoms with van der Waals surface area (Å²) in [5.41, 5.74) is 0. The van der Waals surface area contributed by atoms with Crippen molar-refractivity contribution in [2.24, 2.45) is 5.92 Å². The van der Waals surface area contributed by atoms with Crippen LogP contribution in [0.25, 0.3) is 0 Å². The normalized spacial score (nSPS) is 18.5. The second-order valence-electron chi connectivity index (χ2n) is 4.41. The molecule has 5 heteroatoms. The van der Waals surface area contributed by atoms with E-state index in [1.54, 1.807) is 6.92 Å². The highest BCUT2D eigenvalue weighted by atomic mass is 16.5. The molecule has 2 amide bonds. The Hall–Kier alpha value is -1.10. The third-order valence-electron chi connectivity index (χ3n) is 2.89. The third-order valence-corrected chi connectivity index (χ3v) is 2.89. The topological polar surface area (TPSA) is 67.4 Å². The molecule has 0 spiro atoms. The fourth-order valence-electron chi connectivity index (χ4n) is 1.76. The maximum atomic E-state index is 11.8. The van der Waals surface area contributed by atoms with Crippen LogP contribution in [0.1, 0.15) is 33.1 Å². The molecule has 2 N–H and O–H groups in total. The van der Waals surface area contributed by atoms with Crippen LogP contribution in [0.4, 0.5) is 0 Å². The van der Waals surface area contributed by atoms with Gasteiger partial charge in [0.1, 0.15) is 6.04 Å². The van der Waals surface area contributed by atoms with Crippen molar-refractivity contribution in [1.82, 2.24) is 10.6 Å². The molecule has 0 saturated carbocycles. The Morgan fingerprint density at radius 2 is 2.00 bits per heavy atom. The van der Waals surface area contributed by atoms with E-state index in [0.717, 1.165) is 19.3 Å². The number of nitrogens with one attached hydrogen (secondary N) is 2. The summed E-state index contributed by atoms with van der Waals surface area (Å²) < 4.78 is 5.20. The van der Waals surface area contributed by atoms with Gasteiger partial charge in [0.15, 0.2) is 0 Å². The molecule has 0 bridgehead atoms. The van der Waals surface area contributed by atoms with Crippen LogP contribution in [0.2, 0.25) is 0 Å². The van der Waals surface area contributed by atoms with E-state index in [1.165, 1.54) is 0 Å². The summed E-state index contributed by atoms with van der Waals surface area (Å²) in [5, 5.41) is 5.51. The summed E-state index contributed by atoms with van der Waals surface area (Å²) in [5.74, 6) is -0.162. The molecule has 98 valence electrons. The van der Waals surface area contributed by atoms with E-state index in [9.17, 15) is 9.59 Å². The van der Waals surface area contributed by atoms with Crippen LogP contribution in [0, 0.1) is 5.92 Å². The summed E-state index contributed by atoms with van der Waals surface area (Å²) in [4.78, 5) is 23.4. The molecule has 0 aromatic heterocycles. The monoisotopic (exact) mass is 242 g/mol. The molecule has 5 nitrogen and oxygen atoms in total. The van der Waals surface area contributed by atoms with Gasteiger partial charge in [0.2, 0.25) is 11.8 Å². The van der Waals surface area contributed by atoms with Gasteiger partial charge in [-0.05, 0) is 26.2 Å². The van der Waals surface area contributed by atoms with Crippen molar-refractivity contribution in [3.05, 3.63) is 0 Å². The molecule has 1 heterocycles. The summed E-state index contributed by atoms with van der Waals surface area (Å²) >= 11 is 0. The minimum Gasteiger partial charge on any atom is -0.381 e. The van der Waals surface area contributed by atoms with Crippen molar-refractivity contribution in [1.29, 1.82) is 0 Å². The summed E-state index contributed by atoms with van der Waals surface area (Å²) in [6.07, 6.45) is 2.39. The Morgan fingerprint density at radius 3 is 2.59 bits per heavy atom. The van der Waals surface area contributed by atoms with Gasteiger partial charge in [-0.15, -0.1) is 0 Å². The van der Waals surface area contributed by atoms with Gasteiger partial charge < -0.3 is 15.4 Å². The van der Waals surface area contributed by atoms with Gasteiger partial charge in [0, 0.05) is 25.7 Å². The Morgan fingerprint density at radius 1 is 1.35 bits per heavy atom. The fourth-order valence-corrected chi connectivity index (χ4v) is 1.76. The zero-order chi connectivity index (χ0) is 12.7. The zero-order valence-corrected chi connectivity index (χ0v) is 10.6. The van der Waals surface area contributed by atoms with Gasteiger partial charge in [-0.3, -0.25) is 9.59 Å². The van der Waals surface area contributed by atoms with E-state index < -0.39 is 6.04 Å². The maximum absolute atomic E-state index is 11.8. The number of amides is 2. The van der Waals surface area contributed by atoms with Crippen molar-refractivity contribution in [3.8, 4) is 0 Å². The molecule has 1 rings (SSSR count). The average molecular weight is 242 g/mol. The first-order chi connectivity index (χ1) is 8.15. The Kier molecular flexibility index (Phi) is 5.97. The number of ether oxygens (including phenoxy) is 1. The molecule has 1 atom stereocenters. The van der Waals surface area contributed by atoms with Crippen LogP contribution in [-0.2, 0) is 14.3 Å². The van der Waals surface area contributed by atoms with Gasteiger partial charge in [-0.1, -0.05) is 6.92 Å². The zero-order valence-electron chi connectivity index (χ0n) is 10.6. The van der Waals surface area contributed by atoms with E-state index in [0.29, 0.717) is 19.8 Å². The van der Waals surface area contributed by atoms with Crippen LogP contribution < -0.4 is 10.6 Å². The number of hydrogen-bond acceptors (Lipinski definition) is 3. The van der Waals surface area contributed by atoms with E-state index in [1.807, 2.05) is 6.92 Å². The largest absolute Gasteiger partial charge is 0.381 e. The molecular formula is C12H22N2O3. The fraction of sp³-hybridized carbons (Fsp3) is 0.833. The predicted molar refractivity (Wildman–Crippen MR) is 64.4 cm³/mol. The van der Waals surface area contributed by atoms with E-state index >= 15 is 0 Å². The average Bonchev–Trinajstić information content (AvgIpc) is 2.36. The predicted octanol–water partition coefficient (Wildman–Crippen LogP) is 0.444. The third kappa shape index (κ3) is 4.73. The summed E-state index contributed by atoms with van der Waals surface area (Å²) in [6.45, 7) is 5.62. The highest BCUT2D eigenvalue weighted by molar-refractivity contribution is 5.88. The molecule has 0 aromatic rings. The number of carbonyl (C=O) groups is 2. The van der Waals surface area contributed by atoms with Gasteiger partial charge in [0.25, 0.3) is 0 Å². The molecule has 1 aliphatic rings. The number of carbonyl (C=O) groups excluding carboxylic acids is 2. The van der Waals surface area contributed by atoms with Crippen molar-refractivity contribution >= 4 is 11.8 Å². The summed E-state index contributed by atoms with van der Waals surface area (Å²) in [7, 11) is 0. The molecule has 1 fully saturated rings. The SMILES string of the molecule is CCCNC(=O)[C@@H](C)NC(=O)C1CCOCC1. The molecule has 0 aliphatic carbocycles. The van der Waals surface area contributed by atoms with Crippen LogP contribution in [0.5, 0.6) is 0 Å². The molecule has 0 aromatic carbocycles. The Labute approximate surface area is 102 Å². The Bertz CT molecular complexity index is 262. The number of rotatable bonds is 5. The first-order valence-electron chi connectivity index (χ1n) is 6.31. The second-order valence-corrected chi connectivity index (χ2v) is 4.41. The lowest BCUT2D eigenvalue weighted by Gasteiger charge is -2.23. The van der Waals surface area contributed by atoms with E-state index in [2.05, 4.69) is 10.6 Å². The lowest BCUT2D eigenvalue weighted by molar-refractivity contribution is -0.132. The quantitative estimate of drug-likeness (QED) is 0.735. The van der Waals surface area contributed by atoms with Crippen LogP contribution in [0.15, 0.2) is 0 Å². The van der Waals surface area contributed by atoms with Gasteiger partial charge >= 0.3 is 0 Å². The second kappa shape index (κ2) is 7.27. The van der Waals surface area contributed by atoms with Gasteiger partial charge in [-0.2, -0.15) is 0 Å². The van der Waals surface area contributed by atoms with Gasteiger partial charge in [0.05, 0.1) is 0 Å². The van der Waals surface area contributed by atoms with E-state index in [-0.39, 0.29) is 17.7 Å². The minimum atomic E-state index is -0.461. The van der Waals surface area contributed by atoms with Gasteiger partial charge in [-0.25, -0.2) is 0 Å². The molecule has 1 saturated heterocycles. The highest BCUT2D eigenvalue weighted by Gasteiger charge is 2.24. The molecule has 0 radical (unpaired) electrons. The van der Waals surface area contributed by atoms with Crippen molar-refractivity contribution in [2.75, 3.05) is 19.8 Å². The lowest BCUT2D eigenvalue weighted by Crippen LogP contribution is -2.47. The summed E-state index contributed by atoms with van der Waals surface area (Å²) in [6, 6.07) is -0.461. The van der Waals surface area contributed by atoms with Crippen LogP contribution in [0.3, 0.4) is 0 Å². The highest BCUT2D eigenvalue weighted by Crippen LogP contribution is 2.14. The molecular weight excluding hydrogens is 220 g/mol. The first kappa shape index (κ1) is 14.0. The first-order valence-corrected chi connectivity index (χ1v) is 6.31. The van der Waals surface area contributed by atoms with Crippen molar-refractivity contribution in [3.63, 3.8) is 0 Å².